The van der Waals surface area contributed by atoms with Crippen LogP contribution in [0.3, 0.4) is 0 Å². The summed E-state index contributed by atoms with van der Waals surface area (Å²) in [7, 11) is 0. The molecule has 7 nitrogen and oxygen atoms in total. The predicted molar refractivity (Wildman–Crippen MR) is 55.9 cm³/mol. The topological polar surface area (TPSA) is 124 Å². The Morgan fingerprint density at radius 3 is 2.24 bits per heavy atom. The highest BCUT2D eigenvalue weighted by Crippen LogP contribution is 2.02. The summed E-state index contributed by atoms with van der Waals surface area (Å²) in [6.07, 6.45) is -5.42. The average molecular weight is 248 g/mol. The summed E-state index contributed by atoms with van der Waals surface area (Å²) < 4.78 is 4.45. The Kier molecular flexibility index (Phi) is 6.59. The SMILES string of the molecule is C=C(C)C(=O)OCC(=O)[C@H](O)[C@H](O)[C@H](O)CO. The van der Waals surface area contributed by atoms with Crippen molar-refractivity contribution in [1.82, 2.24) is 0 Å². The molecule has 0 aromatic heterocycles. The van der Waals surface area contributed by atoms with Gasteiger partial charge in [-0.05, 0) is 6.92 Å². The third-order valence-electron chi connectivity index (χ3n) is 1.93. The first-order chi connectivity index (χ1) is 7.81. The molecule has 0 amide bonds. The molecule has 0 aliphatic carbocycles. The number of aliphatic hydroxyl groups is 4. The van der Waals surface area contributed by atoms with Gasteiger partial charge in [-0.2, -0.15) is 0 Å². The van der Waals surface area contributed by atoms with E-state index in [9.17, 15) is 19.8 Å². The fourth-order valence-corrected chi connectivity index (χ4v) is 0.854. The van der Waals surface area contributed by atoms with Gasteiger partial charge in [-0.15, -0.1) is 0 Å². The van der Waals surface area contributed by atoms with Crippen LogP contribution < -0.4 is 0 Å². The zero-order chi connectivity index (χ0) is 13.6. The maximum Gasteiger partial charge on any atom is 0.333 e. The van der Waals surface area contributed by atoms with Gasteiger partial charge in [0.05, 0.1) is 6.61 Å². The summed E-state index contributed by atoms with van der Waals surface area (Å²) in [5, 5.41) is 35.9. The minimum Gasteiger partial charge on any atom is -0.454 e. The molecule has 0 spiro atoms. The maximum atomic E-state index is 11.2. The van der Waals surface area contributed by atoms with Gasteiger partial charge >= 0.3 is 5.97 Å². The van der Waals surface area contributed by atoms with Crippen molar-refractivity contribution in [3.63, 3.8) is 0 Å². The molecule has 7 heteroatoms. The molecule has 0 aliphatic rings. The van der Waals surface area contributed by atoms with E-state index in [1.807, 2.05) is 0 Å². The van der Waals surface area contributed by atoms with E-state index in [-0.39, 0.29) is 5.57 Å². The average Bonchev–Trinajstić information content (AvgIpc) is 2.32. The smallest absolute Gasteiger partial charge is 0.333 e. The maximum absolute atomic E-state index is 11.2. The number of hydrogen-bond acceptors (Lipinski definition) is 7. The van der Waals surface area contributed by atoms with Gasteiger partial charge in [0.25, 0.3) is 0 Å². The molecule has 4 N–H and O–H groups in total. The van der Waals surface area contributed by atoms with Crippen LogP contribution >= 0.6 is 0 Å². The summed E-state index contributed by atoms with van der Waals surface area (Å²) in [5.74, 6) is -1.79. The van der Waals surface area contributed by atoms with Gasteiger partial charge < -0.3 is 25.2 Å². The molecule has 0 rings (SSSR count). The molecular formula is C10H16O7. The first kappa shape index (κ1) is 15.7. The Labute approximate surface area is 97.9 Å². The van der Waals surface area contributed by atoms with Crippen molar-refractivity contribution in [2.45, 2.75) is 25.2 Å². The van der Waals surface area contributed by atoms with Crippen molar-refractivity contribution >= 4 is 11.8 Å². The highest BCUT2D eigenvalue weighted by molar-refractivity contribution is 5.91. The van der Waals surface area contributed by atoms with Gasteiger partial charge in [-0.1, -0.05) is 6.58 Å². The number of carbonyl (C=O) groups is 2. The molecule has 0 aromatic carbocycles. The lowest BCUT2D eigenvalue weighted by molar-refractivity contribution is -0.152. The molecule has 0 bridgehead atoms. The number of Topliss-reactive ketones (excluding diaryl/α,β-unsaturated/α-hetero) is 1. The molecule has 0 saturated heterocycles. The number of aliphatic hydroxyl groups excluding tert-OH is 4. The van der Waals surface area contributed by atoms with Crippen molar-refractivity contribution in [3.8, 4) is 0 Å². The normalized spacial score (nSPS) is 15.8. The minimum absolute atomic E-state index is 0.0863. The van der Waals surface area contributed by atoms with Crippen molar-refractivity contribution in [3.05, 3.63) is 12.2 Å². The van der Waals surface area contributed by atoms with E-state index in [0.29, 0.717) is 0 Å². The van der Waals surface area contributed by atoms with Gasteiger partial charge in [0.2, 0.25) is 5.78 Å². The quantitative estimate of drug-likeness (QED) is 0.296. The third kappa shape index (κ3) is 5.05. The van der Waals surface area contributed by atoms with Crippen LogP contribution in [0.4, 0.5) is 0 Å². The highest BCUT2D eigenvalue weighted by Gasteiger charge is 2.30. The van der Waals surface area contributed by atoms with Crippen LogP contribution in [0.5, 0.6) is 0 Å². The first-order valence-electron chi connectivity index (χ1n) is 4.81. The standard InChI is InChI=1S/C10H16O7/c1-5(2)10(16)17-4-7(13)9(15)8(14)6(12)3-11/h6,8-9,11-12,14-15H,1,3-4H2,2H3/t6-,8-,9+/m1/s1. The fraction of sp³-hybridized carbons (Fsp3) is 0.600. The summed E-state index contributed by atoms with van der Waals surface area (Å²) in [4.78, 5) is 22.1. The minimum atomic E-state index is -1.94. The molecule has 0 unspecified atom stereocenters. The molecular weight excluding hydrogens is 232 g/mol. The second-order valence-corrected chi connectivity index (χ2v) is 3.51. The summed E-state index contributed by atoms with van der Waals surface area (Å²) in [6.45, 7) is 3.11. The molecule has 0 aromatic rings. The van der Waals surface area contributed by atoms with Crippen LogP contribution in [-0.2, 0) is 14.3 Å². The monoisotopic (exact) mass is 248 g/mol. The Bertz CT molecular complexity index is 299. The molecule has 17 heavy (non-hydrogen) atoms. The number of carbonyl (C=O) groups excluding carboxylic acids is 2. The Balaban J connectivity index is 4.23. The molecule has 0 saturated carbocycles. The largest absolute Gasteiger partial charge is 0.454 e. The fourth-order valence-electron chi connectivity index (χ4n) is 0.854. The molecule has 98 valence electrons. The van der Waals surface area contributed by atoms with E-state index >= 15 is 0 Å². The van der Waals surface area contributed by atoms with Crippen molar-refractivity contribution in [1.29, 1.82) is 0 Å². The number of rotatable bonds is 7. The van der Waals surface area contributed by atoms with Crippen LogP contribution in [0, 0.1) is 0 Å². The Morgan fingerprint density at radius 2 is 1.82 bits per heavy atom. The Morgan fingerprint density at radius 1 is 1.29 bits per heavy atom. The molecule has 0 radical (unpaired) electrons. The van der Waals surface area contributed by atoms with Gasteiger partial charge in [-0.3, -0.25) is 4.79 Å². The van der Waals surface area contributed by atoms with Gasteiger partial charge in [0, 0.05) is 5.57 Å². The summed E-state index contributed by atoms with van der Waals surface area (Å²) >= 11 is 0. The number of ketones is 1. The second-order valence-electron chi connectivity index (χ2n) is 3.51. The van der Waals surface area contributed by atoms with Gasteiger partial charge in [0.15, 0.2) is 6.61 Å². The van der Waals surface area contributed by atoms with Crippen LogP contribution in [-0.4, -0.2) is 63.7 Å². The predicted octanol–water partition coefficient (Wildman–Crippen LogP) is -2.25. The van der Waals surface area contributed by atoms with Crippen LogP contribution in [0.1, 0.15) is 6.92 Å². The number of esters is 1. The number of hydrogen-bond donors (Lipinski definition) is 4. The van der Waals surface area contributed by atoms with Crippen LogP contribution in [0.25, 0.3) is 0 Å². The summed E-state index contributed by atoms with van der Waals surface area (Å²) in [5.41, 5.74) is 0.0863. The lowest BCUT2D eigenvalue weighted by Gasteiger charge is -2.20. The highest BCUT2D eigenvalue weighted by atomic mass is 16.5. The van der Waals surface area contributed by atoms with E-state index in [1.165, 1.54) is 6.92 Å². The van der Waals surface area contributed by atoms with Crippen molar-refractivity contribution in [2.24, 2.45) is 0 Å². The van der Waals surface area contributed by atoms with Crippen LogP contribution in [0.2, 0.25) is 0 Å². The lowest BCUT2D eigenvalue weighted by atomic mass is 10.1. The van der Waals surface area contributed by atoms with Crippen molar-refractivity contribution < 1.29 is 34.8 Å². The first-order valence-corrected chi connectivity index (χ1v) is 4.81. The molecule has 0 aliphatic heterocycles. The zero-order valence-electron chi connectivity index (χ0n) is 9.37. The number of ether oxygens (including phenoxy) is 1. The van der Waals surface area contributed by atoms with Gasteiger partial charge in [-0.25, -0.2) is 4.79 Å². The van der Waals surface area contributed by atoms with E-state index in [1.54, 1.807) is 0 Å². The van der Waals surface area contributed by atoms with E-state index in [2.05, 4.69) is 11.3 Å². The third-order valence-corrected chi connectivity index (χ3v) is 1.93. The van der Waals surface area contributed by atoms with E-state index < -0.39 is 43.3 Å². The van der Waals surface area contributed by atoms with Crippen molar-refractivity contribution in [2.75, 3.05) is 13.2 Å². The molecule has 3 atom stereocenters. The van der Waals surface area contributed by atoms with Gasteiger partial charge in [0.1, 0.15) is 18.3 Å². The van der Waals surface area contributed by atoms with E-state index in [0.717, 1.165) is 0 Å². The zero-order valence-corrected chi connectivity index (χ0v) is 9.37. The Hall–Kier alpha value is -1.28. The molecule has 0 heterocycles. The summed E-state index contributed by atoms with van der Waals surface area (Å²) in [6, 6.07) is 0. The lowest BCUT2D eigenvalue weighted by Crippen LogP contribution is -2.45. The second kappa shape index (κ2) is 7.13. The molecule has 0 fully saturated rings. The van der Waals surface area contributed by atoms with Crippen LogP contribution in [0.15, 0.2) is 12.2 Å². The van der Waals surface area contributed by atoms with E-state index in [4.69, 9.17) is 10.2 Å².